The number of carbonyl (C=O) groups is 1. The van der Waals surface area contributed by atoms with Gasteiger partial charge in [0.2, 0.25) is 0 Å². The van der Waals surface area contributed by atoms with Crippen LogP contribution in [-0.4, -0.2) is 5.78 Å². The monoisotopic (exact) mass is 494 g/mol. The zero-order chi connectivity index (χ0) is 24.4. The third-order valence-electron chi connectivity index (χ3n) is 6.15. The van der Waals surface area contributed by atoms with Gasteiger partial charge in [-0.1, -0.05) is 85.6 Å². The van der Waals surface area contributed by atoms with Gasteiger partial charge in [-0.2, -0.15) is 0 Å². The fraction of sp³-hybridized carbons (Fsp3) is 0.138. The van der Waals surface area contributed by atoms with Crippen molar-refractivity contribution in [1.82, 2.24) is 0 Å². The third-order valence-corrected chi connectivity index (χ3v) is 6.78. The van der Waals surface area contributed by atoms with Crippen molar-refractivity contribution in [2.45, 2.75) is 25.7 Å². The van der Waals surface area contributed by atoms with E-state index in [1.54, 1.807) is 36.4 Å². The van der Waals surface area contributed by atoms with Crippen LogP contribution in [0.3, 0.4) is 0 Å². The number of benzene rings is 4. The zero-order valence-corrected chi connectivity index (χ0v) is 20.2. The molecule has 1 nitrogen and oxygen atoms in total. The summed E-state index contributed by atoms with van der Waals surface area (Å²) >= 11 is 13.0. The SMILES string of the molecule is CC(C(=O)C(C)c1ccc(-c2ccc(F)cc2)c(Cl)c1)c1ccc(-c2ccc(F)cc2)c(Cl)c1. The smallest absolute Gasteiger partial charge is 0.147 e. The van der Waals surface area contributed by atoms with Gasteiger partial charge in [-0.3, -0.25) is 4.79 Å². The van der Waals surface area contributed by atoms with Crippen molar-refractivity contribution >= 4 is 29.0 Å². The summed E-state index contributed by atoms with van der Waals surface area (Å²) in [6.45, 7) is 3.72. The molecule has 172 valence electrons. The minimum atomic E-state index is -0.384. The first-order valence-electron chi connectivity index (χ1n) is 10.9. The number of carbonyl (C=O) groups excluding carboxylic acids is 1. The summed E-state index contributed by atoms with van der Waals surface area (Å²) in [4.78, 5) is 13.3. The Morgan fingerprint density at radius 3 is 1.29 bits per heavy atom. The van der Waals surface area contributed by atoms with E-state index in [4.69, 9.17) is 23.2 Å². The summed E-state index contributed by atoms with van der Waals surface area (Å²) in [5.74, 6) is -1.35. The molecule has 0 amide bonds. The molecule has 0 aliphatic rings. The minimum absolute atomic E-state index is 0.0381. The van der Waals surface area contributed by atoms with E-state index < -0.39 is 0 Å². The first-order valence-corrected chi connectivity index (χ1v) is 11.6. The summed E-state index contributed by atoms with van der Waals surface area (Å²) in [7, 11) is 0. The number of rotatable bonds is 6. The Morgan fingerprint density at radius 1 is 0.618 bits per heavy atom. The molecule has 0 radical (unpaired) electrons. The summed E-state index contributed by atoms with van der Waals surface area (Å²) < 4.78 is 26.5. The third kappa shape index (κ3) is 5.06. The van der Waals surface area contributed by atoms with Crippen LogP contribution in [0, 0.1) is 11.6 Å². The lowest BCUT2D eigenvalue weighted by Crippen LogP contribution is -2.16. The molecule has 0 aromatic heterocycles. The molecule has 0 heterocycles. The molecule has 0 aliphatic carbocycles. The van der Waals surface area contributed by atoms with E-state index in [2.05, 4.69) is 0 Å². The summed E-state index contributed by atoms with van der Waals surface area (Å²) in [6, 6.07) is 23.3. The highest BCUT2D eigenvalue weighted by Gasteiger charge is 2.24. The standard InChI is InChI=1S/C29H22Cl2F2O/c1-17(21-7-13-25(27(30)15-21)19-3-9-23(32)10-4-19)29(34)18(2)22-8-14-26(28(31)16-22)20-5-11-24(33)12-6-20/h3-18H,1-2H3. The van der Waals surface area contributed by atoms with Crippen molar-refractivity contribution in [3.63, 3.8) is 0 Å². The lowest BCUT2D eigenvalue weighted by Gasteiger charge is -2.19. The van der Waals surface area contributed by atoms with Gasteiger partial charge in [0.15, 0.2) is 0 Å². The van der Waals surface area contributed by atoms with Crippen molar-refractivity contribution in [2.75, 3.05) is 0 Å². The van der Waals surface area contributed by atoms with Crippen LogP contribution in [0.25, 0.3) is 22.3 Å². The van der Waals surface area contributed by atoms with Gasteiger partial charge in [-0.25, -0.2) is 8.78 Å². The van der Waals surface area contributed by atoms with Gasteiger partial charge in [-0.05, 0) is 58.7 Å². The molecule has 4 rings (SSSR count). The van der Waals surface area contributed by atoms with Crippen molar-refractivity contribution < 1.29 is 13.6 Å². The lowest BCUT2D eigenvalue weighted by atomic mass is 9.85. The number of ketones is 1. The number of Topliss-reactive ketones (excluding diaryl/α,β-unsaturated/α-hetero) is 1. The topological polar surface area (TPSA) is 17.1 Å². The predicted molar refractivity (Wildman–Crippen MR) is 136 cm³/mol. The molecule has 0 spiro atoms. The van der Waals surface area contributed by atoms with E-state index in [0.717, 1.165) is 33.4 Å². The Bertz CT molecular complexity index is 1230. The molecule has 4 aromatic rings. The van der Waals surface area contributed by atoms with E-state index in [-0.39, 0.29) is 29.3 Å². The molecule has 34 heavy (non-hydrogen) atoms. The number of hydrogen-bond donors (Lipinski definition) is 0. The normalized spacial score (nSPS) is 12.9. The molecular weight excluding hydrogens is 473 g/mol. The highest BCUT2D eigenvalue weighted by molar-refractivity contribution is 6.33. The average Bonchev–Trinajstić information content (AvgIpc) is 2.84. The van der Waals surface area contributed by atoms with Crippen LogP contribution in [0.15, 0.2) is 84.9 Å². The number of halogens is 4. The fourth-order valence-electron chi connectivity index (χ4n) is 4.03. The molecule has 5 heteroatoms. The minimum Gasteiger partial charge on any atom is -0.298 e. The molecule has 2 atom stereocenters. The molecule has 0 aliphatic heterocycles. The molecule has 4 aromatic carbocycles. The predicted octanol–water partition coefficient (Wildman–Crippen LogP) is 9.08. The molecule has 0 fully saturated rings. The lowest BCUT2D eigenvalue weighted by molar-refractivity contribution is -0.121. The molecule has 2 unspecified atom stereocenters. The van der Waals surface area contributed by atoms with Crippen molar-refractivity contribution in [1.29, 1.82) is 0 Å². The second-order valence-corrected chi connectivity index (χ2v) is 9.15. The van der Waals surface area contributed by atoms with Crippen molar-refractivity contribution in [3.8, 4) is 22.3 Å². The Morgan fingerprint density at radius 2 is 0.971 bits per heavy atom. The van der Waals surface area contributed by atoms with Crippen LogP contribution >= 0.6 is 23.2 Å². The van der Waals surface area contributed by atoms with Gasteiger partial charge in [0.25, 0.3) is 0 Å². The van der Waals surface area contributed by atoms with E-state index in [9.17, 15) is 13.6 Å². The Kier molecular flexibility index (Phi) is 7.16. The molecule has 0 saturated carbocycles. The van der Waals surface area contributed by atoms with Crippen molar-refractivity contribution in [3.05, 3.63) is 118 Å². The molecule has 0 saturated heterocycles. The Labute approximate surface area is 208 Å². The molecular formula is C29H22Cl2F2O. The quantitative estimate of drug-likeness (QED) is 0.261. The zero-order valence-electron chi connectivity index (χ0n) is 18.7. The first-order chi connectivity index (χ1) is 16.2. The van der Waals surface area contributed by atoms with Gasteiger partial charge >= 0.3 is 0 Å². The van der Waals surface area contributed by atoms with Gasteiger partial charge in [0.1, 0.15) is 17.4 Å². The average molecular weight is 495 g/mol. The maximum atomic E-state index is 13.3. The maximum Gasteiger partial charge on any atom is 0.147 e. The highest BCUT2D eigenvalue weighted by atomic mass is 35.5. The summed E-state index contributed by atoms with van der Waals surface area (Å²) in [5, 5.41) is 1.01. The van der Waals surface area contributed by atoms with Gasteiger partial charge in [-0.15, -0.1) is 0 Å². The summed E-state index contributed by atoms with van der Waals surface area (Å²) in [6.07, 6.45) is 0. The van der Waals surface area contributed by atoms with E-state index in [1.165, 1.54) is 24.3 Å². The van der Waals surface area contributed by atoms with Crippen molar-refractivity contribution in [2.24, 2.45) is 0 Å². The van der Waals surface area contributed by atoms with Crippen LogP contribution in [0.1, 0.15) is 36.8 Å². The van der Waals surface area contributed by atoms with Gasteiger partial charge in [0.05, 0.1) is 0 Å². The summed E-state index contributed by atoms with van der Waals surface area (Å²) in [5.41, 5.74) is 4.79. The van der Waals surface area contributed by atoms with E-state index >= 15 is 0 Å². The highest BCUT2D eigenvalue weighted by Crippen LogP contribution is 2.35. The Balaban J connectivity index is 1.54. The second-order valence-electron chi connectivity index (χ2n) is 8.34. The first kappa shape index (κ1) is 24.1. The van der Waals surface area contributed by atoms with Gasteiger partial charge < -0.3 is 0 Å². The van der Waals surface area contributed by atoms with Gasteiger partial charge in [0, 0.05) is 33.0 Å². The molecule has 0 N–H and O–H groups in total. The van der Waals surface area contributed by atoms with Crippen LogP contribution in [0.2, 0.25) is 10.0 Å². The maximum absolute atomic E-state index is 13.3. The second kappa shape index (κ2) is 10.1. The molecule has 0 bridgehead atoms. The fourth-order valence-corrected chi connectivity index (χ4v) is 4.63. The van der Waals surface area contributed by atoms with Crippen LogP contribution in [0.4, 0.5) is 8.78 Å². The van der Waals surface area contributed by atoms with Crippen LogP contribution in [-0.2, 0) is 4.79 Å². The Hall–Kier alpha value is -3.01. The van der Waals surface area contributed by atoms with E-state index in [1.807, 2.05) is 38.1 Å². The number of hydrogen-bond acceptors (Lipinski definition) is 1. The van der Waals surface area contributed by atoms with Crippen LogP contribution in [0.5, 0.6) is 0 Å². The largest absolute Gasteiger partial charge is 0.298 e. The van der Waals surface area contributed by atoms with Crippen LogP contribution < -0.4 is 0 Å². The van der Waals surface area contributed by atoms with E-state index in [0.29, 0.717) is 10.0 Å².